The molecular weight excluding hydrogens is 592 g/mol. The van der Waals surface area contributed by atoms with Gasteiger partial charge in [-0.1, -0.05) is 75.9 Å². The van der Waals surface area contributed by atoms with Gasteiger partial charge in [0.05, 0.1) is 23.9 Å². The lowest BCUT2D eigenvalue weighted by molar-refractivity contribution is -0.165. The molecule has 2 aliphatic rings. The van der Waals surface area contributed by atoms with Crippen molar-refractivity contribution in [3.8, 4) is 5.75 Å². The van der Waals surface area contributed by atoms with E-state index < -0.39 is 17.7 Å². The number of unbranched alkanes of at least 4 members (excludes halogenated alkanes) is 1. The number of hydrogen-bond acceptors (Lipinski definition) is 6. The Kier molecular flexibility index (Phi) is 11.9. The van der Waals surface area contributed by atoms with Crippen molar-refractivity contribution < 1.29 is 24.2 Å². The molecule has 246 valence electrons. The normalized spacial score (nSPS) is 19.1. The van der Waals surface area contributed by atoms with Crippen molar-refractivity contribution in [2.45, 2.75) is 96.9 Å². The number of piperidine rings is 1. The van der Waals surface area contributed by atoms with Gasteiger partial charge in [-0.3, -0.25) is 19.3 Å². The van der Waals surface area contributed by atoms with Gasteiger partial charge in [0.2, 0.25) is 17.7 Å². The summed E-state index contributed by atoms with van der Waals surface area (Å²) in [4.78, 5) is 43.1. The Hall–Kier alpha value is -3.14. The monoisotopic (exact) mass is 640 g/mol. The number of aliphatic hydroxyl groups is 1. The molecule has 10 heteroatoms. The number of rotatable bonds is 13. The van der Waals surface area contributed by atoms with Crippen LogP contribution < -0.4 is 15.4 Å². The van der Waals surface area contributed by atoms with Crippen LogP contribution in [0.25, 0.3) is 0 Å². The Morgan fingerprint density at radius 1 is 1.11 bits per heavy atom. The third kappa shape index (κ3) is 7.81. The maximum atomic E-state index is 13.8. The molecule has 0 bridgehead atoms. The smallest absolute Gasteiger partial charge is 0.248 e. The van der Waals surface area contributed by atoms with Crippen molar-refractivity contribution in [3.63, 3.8) is 0 Å². The van der Waals surface area contributed by atoms with E-state index in [-0.39, 0.29) is 23.6 Å². The van der Waals surface area contributed by atoms with E-state index in [2.05, 4.69) is 46.7 Å². The van der Waals surface area contributed by atoms with Crippen molar-refractivity contribution in [1.82, 2.24) is 15.1 Å². The average Bonchev–Trinajstić information content (AvgIpc) is 3.02. The fraction of sp³-hybridized carbons (Fsp3) is 0.571. The Balaban J connectivity index is 1.41. The number of piperazine rings is 1. The van der Waals surface area contributed by atoms with Gasteiger partial charge >= 0.3 is 0 Å². The van der Waals surface area contributed by atoms with Crippen molar-refractivity contribution in [2.75, 3.05) is 32.1 Å². The molecule has 2 saturated heterocycles. The highest BCUT2D eigenvalue weighted by atomic mass is 35.5. The molecule has 2 heterocycles. The van der Waals surface area contributed by atoms with Gasteiger partial charge in [0.25, 0.3) is 0 Å². The Labute approximate surface area is 272 Å². The van der Waals surface area contributed by atoms with Gasteiger partial charge in [0.1, 0.15) is 17.3 Å². The number of amides is 3. The number of ether oxygens (including phenoxy) is 1. The van der Waals surface area contributed by atoms with E-state index >= 15 is 0 Å². The first kappa shape index (κ1) is 34.7. The number of nitrogens with one attached hydrogen (secondary N) is 2. The molecule has 0 aliphatic carbocycles. The lowest BCUT2D eigenvalue weighted by Crippen LogP contribution is -2.75. The quantitative estimate of drug-likeness (QED) is 0.279. The van der Waals surface area contributed by atoms with Crippen LogP contribution in [0.3, 0.4) is 0 Å². The number of methoxy groups -OCH3 is 1. The summed E-state index contributed by atoms with van der Waals surface area (Å²) in [5.41, 5.74) is 2.85. The van der Waals surface area contributed by atoms with Gasteiger partial charge in [-0.2, -0.15) is 0 Å². The van der Waals surface area contributed by atoms with Gasteiger partial charge in [0, 0.05) is 51.2 Å². The Morgan fingerprint density at radius 2 is 1.76 bits per heavy atom. The predicted octanol–water partition coefficient (Wildman–Crippen LogP) is 5.16. The maximum absolute atomic E-state index is 13.8. The number of anilines is 1. The molecule has 9 nitrogen and oxygen atoms in total. The second-order valence-corrected chi connectivity index (χ2v) is 12.9. The van der Waals surface area contributed by atoms with Gasteiger partial charge in [-0.05, 0) is 42.4 Å². The summed E-state index contributed by atoms with van der Waals surface area (Å²) in [6.07, 6.45) is 4.12. The fourth-order valence-corrected chi connectivity index (χ4v) is 7.01. The van der Waals surface area contributed by atoms with E-state index in [4.69, 9.17) is 16.3 Å². The minimum absolute atomic E-state index is 0.0371. The first-order valence-corrected chi connectivity index (χ1v) is 16.7. The number of hydrogen-bond donors (Lipinski definition) is 3. The summed E-state index contributed by atoms with van der Waals surface area (Å²) < 4.78 is 5.57. The standard InChI is InChI=1S/C35H49ClN4O5/c1-6-9-16-40-33(43)31(32(42)26(7-2)8-3)38-34(44)35(40)14-17-39(18-15-35)22-25-12-10-24(11-13-25)19-27-20-28(36)29(37-23(4)41)21-30(27)45-5/h10-13,20-21,26,31-32,42H,6-9,14-19,22H2,1-5H3,(H,37,41)(H,38,44)/t31-,32-/m1/s1. The minimum Gasteiger partial charge on any atom is -0.496 e. The van der Waals surface area contributed by atoms with Gasteiger partial charge in [-0.15, -0.1) is 0 Å². The summed E-state index contributed by atoms with van der Waals surface area (Å²) in [5, 5.41) is 17.2. The SMILES string of the molecule is CCCCN1C(=O)[C@@H]([C@H](O)C(CC)CC)NC(=O)C12CCN(Cc1ccc(Cc3cc(Cl)c(NC(C)=O)cc3OC)cc1)CC2. The lowest BCUT2D eigenvalue weighted by Gasteiger charge is -2.52. The summed E-state index contributed by atoms with van der Waals surface area (Å²) in [7, 11) is 1.60. The average molecular weight is 641 g/mol. The number of halogens is 1. The molecule has 0 aromatic heterocycles. The molecule has 1 spiro atoms. The number of carbonyl (C=O) groups is 3. The summed E-state index contributed by atoms with van der Waals surface area (Å²) in [5.74, 6) is 0.150. The summed E-state index contributed by atoms with van der Waals surface area (Å²) in [6, 6.07) is 11.1. The Morgan fingerprint density at radius 3 is 2.33 bits per heavy atom. The minimum atomic E-state index is -0.887. The van der Waals surface area contributed by atoms with E-state index in [1.165, 1.54) is 12.5 Å². The number of aliphatic hydroxyl groups excluding tert-OH is 1. The molecule has 0 unspecified atom stereocenters. The van der Waals surface area contributed by atoms with Crippen molar-refractivity contribution >= 4 is 35.0 Å². The van der Waals surface area contributed by atoms with Crippen LogP contribution in [0.4, 0.5) is 5.69 Å². The molecule has 2 fully saturated rings. The third-order valence-electron chi connectivity index (χ3n) is 9.55. The van der Waals surface area contributed by atoms with Crippen molar-refractivity contribution in [2.24, 2.45) is 5.92 Å². The molecule has 0 saturated carbocycles. The molecule has 2 aliphatic heterocycles. The third-order valence-corrected chi connectivity index (χ3v) is 9.87. The van der Waals surface area contributed by atoms with Crippen molar-refractivity contribution in [3.05, 3.63) is 58.1 Å². The molecular formula is C35H49ClN4O5. The molecule has 4 rings (SSSR count). The molecule has 3 N–H and O–H groups in total. The van der Waals surface area contributed by atoms with E-state index in [9.17, 15) is 19.5 Å². The Bertz CT molecular complexity index is 1340. The fourth-order valence-electron chi connectivity index (χ4n) is 6.78. The molecule has 2 aromatic carbocycles. The number of carbonyl (C=O) groups excluding carboxylic acids is 3. The highest BCUT2D eigenvalue weighted by Gasteiger charge is 2.55. The van der Waals surface area contributed by atoms with Gasteiger partial charge in [-0.25, -0.2) is 0 Å². The maximum Gasteiger partial charge on any atom is 0.248 e. The predicted molar refractivity (Wildman–Crippen MR) is 177 cm³/mol. The number of nitrogens with zero attached hydrogens (tertiary/aromatic N) is 2. The van der Waals surface area contributed by atoms with Crippen LogP contribution in [0, 0.1) is 5.92 Å². The first-order chi connectivity index (χ1) is 21.6. The zero-order chi connectivity index (χ0) is 32.7. The second-order valence-electron chi connectivity index (χ2n) is 12.5. The van der Waals surface area contributed by atoms with Crippen LogP contribution in [-0.2, 0) is 27.3 Å². The van der Waals surface area contributed by atoms with Crippen LogP contribution in [0.1, 0.15) is 82.9 Å². The summed E-state index contributed by atoms with van der Waals surface area (Å²) in [6.45, 7) is 10.2. The molecule has 45 heavy (non-hydrogen) atoms. The van der Waals surface area contributed by atoms with Crippen molar-refractivity contribution in [1.29, 1.82) is 0 Å². The molecule has 3 amide bonds. The summed E-state index contributed by atoms with van der Waals surface area (Å²) >= 11 is 6.42. The number of likely N-dealkylation sites (tertiary alicyclic amines) is 1. The molecule has 2 atom stereocenters. The van der Waals surface area contributed by atoms with Crippen LogP contribution >= 0.6 is 11.6 Å². The topological polar surface area (TPSA) is 111 Å². The van der Waals surface area contributed by atoms with Gasteiger partial charge in [0.15, 0.2) is 0 Å². The lowest BCUT2D eigenvalue weighted by atomic mass is 9.79. The second kappa shape index (κ2) is 15.4. The highest BCUT2D eigenvalue weighted by molar-refractivity contribution is 6.33. The van der Waals surface area contributed by atoms with Crippen LogP contribution in [0.15, 0.2) is 36.4 Å². The van der Waals surface area contributed by atoms with Crippen LogP contribution in [-0.4, -0.2) is 77.1 Å². The zero-order valence-electron chi connectivity index (χ0n) is 27.3. The number of benzene rings is 2. The molecule has 0 radical (unpaired) electrons. The van der Waals surface area contributed by atoms with Crippen LogP contribution in [0.2, 0.25) is 5.02 Å². The van der Waals surface area contributed by atoms with E-state index in [1.54, 1.807) is 18.1 Å². The zero-order valence-corrected chi connectivity index (χ0v) is 28.1. The van der Waals surface area contributed by atoms with Gasteiger partial charge < -0.3 is 25.4 Å². The van der Waals surface area contributed by atoms with E-state index in [0.29, 0.717) is 55.4 Å². The molecule has 2 aromatic rings. The highest BCUT2D eigenvalue weighted by Crippen LogP contribution is 2.36. The first-order valence-electron chi connectivity index (χ1n) is 16.3. The van der Waals surface area contributed by atoms with E-state index in [1.807, 2.05) is 19.9 Å². The largest absolute Gasteiger partial charge is 0.496 e. The van der Waals surface area contributed by atoms with Crippen LogP contribution in [0.5, 0.6) is 5.75 Å². The van der Waals surface area contributed by atoms with E-state index in [0.717, 1.165) is 43.4 Å².